The number of ether oxygens (including phenoxy) is 3. The highest BCUT2D eigenvalue weighted by Crippen LogP contribution is 2.53. The second-order valence-corrected chi connectivity index (χ2v) is 10.6. The van der Waals surface area contributed by atoms with Crippen LogP contribution in [0.1, 0.15) is 81.5 Å². The number of aliphatic carboxylic acids is 1. The van der Waals surface area contributed by atoms with Crippen LogP contribution in [0.25, 0.3) is 0 Å². The Hall–Kier alpha value is -2.97. The van der Waals surface area contributed by atoms with Crippen LogP contribution < -0.4 is 14.8 Å². The molecular weight excluding hydrogens is 520 g/mol. The molecule has 2 aromatic carbocycles. The molecule has 2 saturated carbocycles. The topological polar surface area (TPSA) is 97.3 Å². The van der Waals surface area contributed by atoms with Crippen molar-refractivity contribution in [3.05, 3.63) is 58.1 Å². The third-order valence-corrected chi connectivity index (χ3v) is 7.94. The lowest BCUT2D eigenvalue weighted by molar-refractivity contribution is -0.148. The van der Waals surface area contributed by atoms with Gasteiger partial charge in [-0.3, -0.25) is 0 Å². The summed E-state index contributed by atoms with van der Waals surface area (Å²) in [6, 6.07) is 10.7. The lowest BCUT2D eigenvalue weighted by Crippen LogP contribution is -2.62. The Morgan fingerprint density at radius 3 is 2.41 bits per heavy atom. The van der Waals surface area contributed by atoms with Gasteiger partial charge in [-0.2, -0.15) is 0 Å². The first-order valence-corrected chi connectivity index (χ1v) is 14.2. The Balaban J connectivity index is 1.62. The molecule has 0 heterocycles. The zero-order valence-electron chi connectivity index (χ0n) is 23.0. The molecule has 2 aliphatic rings. The molecule has 0 spiro atoms. The van der Waals surface area contributed by atoms with Crippen molar-refractivity contribution in [2.45, 2.75) is 77.0 Å². The number of carbonyl (C=O) groups is 2. The van der Waals surface area contributed by atoms with Crippen molar-refractivity contribution in [2.75, 3.05) is 26.4 Å². The van der Waals surface area contributed by atoms with Gasteiger partial charge in [-0.05, 0) is 70.4 Å². The number of rotatable bonds is 14. The van der Waals surface area contributed by atoms with Gasteiger partial charge in [0, 0.05) is 17.7 Å². The minimum Gasteiger partial charge on any atom is -0.493 e. The van der Waals surface area contributed by atoms with Gasteiger partial charge in [-0.1, -0.05) is 41.9 Å². The Morgan fingerprint density at radius 1 is 1.15 bits per heavy atom. The van der Waals surface area contributed by atoms with Gasteiger partial charge in [0.15, 0.2) is 0 Å². The third kappa shape index (κ3) is 6.61. The molecule has 2 fully saturated rings. The molecule has 39 heavy (non-hydrogen) atoms. The molecule has 0 bridgehead atoms. The van der Waals surface area contributed by atoms with Gasteiger partial charge in [-0.15, -0.1) is 0 Å². The molecule has 4 rings (SSSR count). The first-order valence-electron chi connectivity index (χ1n) is 13.9. The number of carbonyl (C=O) groups excluding carboxylic acids is 1. The molecule has 0 saturated heterocycles. The van der Waals surface area contributed by atoms with Gasteiger partial charge in [0.2, 0.25) is 0 Å². The zero-order chi connectivity index (χ0) is 28.0. The first-order chi connectivity index (χ1) is 18.8. The van der Waals surface area contributed by atoms with Gasteiger partial charge in [-0.25, -0.2) is 9.59 Å². The lowest BCUT2D eigenvalue weighted by atomic mass is 9.77. The van der Waals surface area contributed by atoms with Crippen LogP contribution in [0.15, 0.2) is 36.4 Å². The van der Waals surface area contributed by atoms with Gasteiger partial charge < -0.3 is 29.5 Å². The highest BCUT2D eigenvalue weighted by Gasteiger charge is 2.47. The van der Waals surface area contributed by atoms with E-state index in [1.54, 1.807) is 4.90 Å². The van der Waals surface area contributed by atoms with E-state index < -0.39 is 23.6 Å². The summed E-state index contributed by atoms with van der Waals surface area (Å²) in [4.78, 5) is 27.2. The molecule has 1 atom stereocenters. The Labute approximate surface area is 235 Å². The van der Waals surface area contributed by atoms with Gasteiger partial charge in [0.05, 0.1) is 37.5 Å². The molecule has 0 aliphatic heterocycles. The van der Waals surface area contributed by atoms with Gasteiger partial charge >= 0.3 is 12.0 Å². The standard InChI is InChI=1S/C30H39ClN2O6/c1-4-38-24-18-23(26(31)27(39-5-2)25(24)22-12-13-22)20(3)33(16-17-37-19-21-10-7-6-8-11-21)29(36)32-30(28(34)35)14-9-15-30/h6-8,10-11,18,20,22H,4-5,9,12-17,19H2,1-3H3,(H,32,36)(H,34,35). The van der Waals surface area contributed by atoms with Crippen LogP contribution in [0, 0.1) is 0 Å². The van der Waals surface area contributed by atoms with Crippen molar-refractivity contribution >= 4 is 23.6 Å². The van der Waals surface area contributed by atoms with E-state index >= 15 is 0 Å². The summed E-state index contributed by atoms with van der Waals surface area (Å²) in [7, 11) is 0. The van der Waals surface area contributed by atoms with E-state index in [-0.39, 0.29) is 13.2 Å². The Morgan fingerprint density at radius 2 is 1.85 bits per heavy atom. The number of nitrogens with one attached hydrogen (secondary N) is 1. The molecule has 2 aromatic rings. The molecule has 2 amide bonds. The number of carboxylic acid groups (broad SMARTS) is 1. The van der Waals surface area contributed by atoms with E-state index in [9.17, 15) is 14.7 Å². The predicted molar refractivity (Wildman–Crippen MR) is 150 cm³/mol. The number of amides is 2. The van der Waals surface area contributed by atoms with Crippen molar-refractivity contribution in [1.82, 2.24) is 10.2 Å². The number of carboxylic acids is 1. The number of nitrogens with zero attached hydrogens (tertiary/aromatic N) is 1. The molecule has 2 aliphatic carbocycles. The van der Waals surface area contributed by atoms with Crippen molar-refractivity contribution in [3.63, 3.8) is 0 Å². The predicted octanol–water partition coefficient (Wildman–Crippen LogP) is 6.31. The van der Waals surface area contributed by atoms with Crippen LogP contribution in [0.5, 0.6) is 11.5 Å². The number of hydrogen-bond acceptors (Lipinski definition) is 5. The maximum absolute atomic E-state index is 13.6. The summed E-state index contributed by atoms with van der Waals surface area (Å²) in [5, 5.41) is 13.1. The number of urea groups is 1. The first kappa shape index (κ1) is 29.0. The quantitative estimate of drug-likeness (QED) is 0.264. The van der Waals surface area contributed by atoms with Crippen molar-refractivity contribution < 1.29 is 28.9 Å². The summed E-state index contributed by atoms with van der Waals surface area (Å²) in [6.07, 6.45) is 3.67. The van der Waals surface area contributed by atoms with E-state index in [1.165, 1.54) is 0 Å². The minimum absolute atomic E-state index is 0.240. The molecule has 2 N–H and O–H groups in total. The normalized spacial score (nSPS) is 16.6. The fourth-order valence-corrected chi connectivity index (χ4v) is 5.40. The van der Waals surface area contributed by atoms with E-state index in [0.717, 1.165) is 36.1 Å². The third-order valence-electron chi connectivity index (χ3n) is 7.55. The monoisotopic (exact) mass is 558 g/mol. The second kappa shape index (κ2) is 12.9. The highest BCUT2D eigenvalue weighted by molar-refractivity contribution is 6.33. The van der Waals surface area contributed by atoms with Crippen LogP contribution >= 0.6 is 11.6 Å². The average molecular weight is 559 g/mol. The van der Waals surface area contributed by atoms with E-state index in [2.05, 4.69) is 5.32 Å². The summed E-state index contributed by atoms with van der Waals surface area (Å²) in [6.45, 7) is 7.57. The summed E-state index contributed by atoms with van der Waals surface area (Å²) in [5.41, 5.74) is 1.46. The van der Waals surface area contributed by atoms with Crippen molar-refractivity contribution in [1.29, 1.82) is 0 Å². The van der Waals surface area contributed by atoms with Crippen LogP contribution in [0.4, 0.5) is 4.79 Å². The smallest absolute Gasteiger partial charge is 0.329 e. The molecule has 9 heteroatoms. The van der Waals surface area contributed by atoms with Crippen LogP contribution in [-0.2, 0) is 16.1 Å². The highest BCUT2D eigenvalue weighted by atomic mass is 35.5. The van der Waals surface area contributed by atoms with Crippen LogP contribution in [-0.4, -0.2) is 53.9 Å². The maximum Gasteiger partial charge on any atom is 0.329 e. The molecule has 212 valence electrons. The fraction of sp³-hybridized carbons (Fsp3) is 0.533. The average Bonchev–Trinajstić information content (AvgIpc) is 3.73. The SMILES string of the molecule is CCOc1cc(C(C)N(CCOCc2ccccc2)C(=O)NC2(C(=O)O)CCC2)c(Cl)c(OCC)c1C1CC1. The van der Waals surface area contributed by atoms with E-state index in [4.69, 9.17) is 25.8 Å². The molecular formula is C30H39ClN2O6. The summed E-state index contributed by atoms with van der Waals surface area (Å²) < 4.78 is 18.0. The number of halogens is 1. The lowest BCUT2D eigenvalue weighted by Gasteiger charge is -2.41. The minimum atomic E-state index is -1.24. The summed E-state index contributed by atoms with van der Waals surface area (Å²) >= 11 is 6.98. The van der Waals surface area contributed by atoms with Crippen molar-refractivity contribution in [3.8, 4) is 11.5 Å². The van der Waals surface area contributed by atoms with E-state index in [0.29, 0.717) is 54.9 Å². The maximum atomic E-state index is 13.6. The van der Waals surface area contributed by atoms with E-state index in [1.807, 2.05) is 57.2 Å². The van der Waals surface area contributed by atoms with Gasteiger partial charge in [0.25, 0.3) is 0 Å². The Kier molecular flexibility index (Phi) is 9.62. The molecule has 8 nitrogen and oxygen atoms in total. The number of hydrogen-bond donors (Lipinski definition) is 2. The Bertz CT molecular complexity index is 1150. The molecule has 0 aromatic heterocycles. The van der Waals surface area contributed by atoms with Gasteiger partial charge in [0.1, 0.15) is 17.0 Å². The zero-order valence-corrected chi connectivity index (χ0v) is 23.8. The second-order valence-electron chi connectivity index (χ2n) is 10.2. The number of benzene rings is 2. The van der Waals surface area contributed by atoms with Crippen LogP contribution in [0.3, 0.4) is 0 Å². The molecule has 0 radical (unpaired) electrons. The summed E-state index contributed by atoms with van der Waals surface area (Å²) in [5.74, 6) is 0.654. The largest absolute Gasteiger partial charge is 0.493 e. The van der Waals surface area contributed by atoms with Crippen molar-refractivity contribution in [2.24, 2.45) is 0 Å². The van der Waals surface area contributed by atoms with Crippen LogP contribution in [0.2, 0.25) is 5.02 Å². The molecule has 1 unspecified atom stereocenters. The fourth-order valence-electron chi connectivity index (χ4n) is 5.03.